The molecule has 98 valence electrons. The molecule has 0 bridgehead atoms. The molecule has 0 aromatic heterocycles. The van der Waals surface area contributed by atoms with Crippen molar-refractivity contribution in [3.8, 4) is 0 Å². The van der Waals surface area contributed by atoms with Gasteiger partial charge in [-0.3, -0.25) is 0 Å². The molecule has 0 aliphatic heterocycles. The smallest absolute Gasteiger partial charge is 0.327 e. The van der Waals surface area contributed by atoms with Gasteiger partial charge in [0, 0.05) is 23.1 Å². The van der Waals surface area contributed by atoms with E-state index in [9.17, 15) is 4.79 Å². The Morgan fingerprint density at radius 2 is 1.78 bits per heavy atom. The van der Waals surface area contributed by atoms with E-state index in [1.54, 1.807) is 6.08 Å². The van der Waals surface area contributed by atoms with Crippen LogP contribution < -0.4 is 0 Å². The van der Waals surface area contributed by atoms with Crippen molar-refractivity contribution in [2.75, 3.05) is 0 Å². The molecular weight excluding hydrogens is 268 g/mol. The Morgan fingerprint density at radius 1 is 1.17 bits per heavy atom. The van der Waals surface area contributed by atoms with Gasteiger partial charge in [0.25, 0.3) is 0 Å². The summed E-state index contributed by atoms with van der Waals surface area (Å²) in [6.45, 7) is 0. The van der Waals surface area contributed by atoms with Crippen LogP contribution in [0.1, 0.15) is 19.3 Å². The minimum absolute atomic E-state index is 0. The van der Waals surface area contributed by atoms with Crippen LogP contribution in [0.3, 0.4) is 0 Å². The average Bonchev–Trinajstić information content (AvgIpc) is 2.99. The molecule has 0 radical (unpaired) electrons. The Labute approximate surface area is 119 Å². The van der Waals surface area contributed by atoms with Crippen molar-refractivity contribution < 1.29 is 27.0 Å². The molecule has 0 unspecified atom stereocenters. The molecule has 0 atom stereocenters. The van der Waals surface area contributed by atoms with Gasteiger partial charge < -0.3 is 5.11 Å². The van der Waals surface area contributed by atoms with Crippen molar-refractivity contribution in [1.82, 2.24) is 0 Å². The second kappa shape index (κ2) is 10.8. The molecule has 2 aliphatic carbocycles. The molecule has 0 aromatic rings. The Balaban J connectivity index is 0.000000405. The fraction of sp³-hybridized carbons (Fsp3) is 0.267. The van der Waals surface area contributed by atoms with E-state index in [4.69, 9.17) is 5.11 Å². The van der Waals surface area contributed by atoms with E-state index >= 15 is 0 Å². The number of carbonyl (C=O) groups is 1. The van der Waals surface area contributed by atoms with Gasteiger partial charge in [-0.15, -0.1) is 0 Å². The normalized spacial score (nSPS) is 15.8. The van der Waals surface area contributed by atoms with Crippen LogP contribution >= 0.6 is 0 Å². The number of carboxylic acids is 1. The third-order valence-electron chi connectivity index (χ3n) is 2.41. The molecule has 2 rings (SSSR count). The van der Waals surface area contributed by atoms with Gasteiger partial charge in [0.2, 0.25) is 0 Å². The Bertz CT molecular complexity index is 354. The first-order chi connectivity index (χ1) is 8.29. The van der Waals surface area contributed by atoms with E-state index in [0.29, 0.717) is 5.92 Å². The van der Waals surface area contributed by atoms with Crippen LogP contribution in [0.25, 0.3) is 0 Å². The Morgan fingerprint density at radius 3 is 2.22 bits per heavy atom. The zero-order valence-electron chi connectivity index (χ0n) is 10.2. The van der Waals surface area contributed by atoms with Crippen LogP contribution in [0.5, 0.6) is 0 Å². The minimum Gasteiger partial charge on any atom is -0.478 e. The van der Waals surface area contributed by atoms with Gasteiger partial charge in [-0.25, -0.2) is 4.79 Å². The molecule has 18 heavy (non-hydrogen) atoms. The van der Waals surface area contributed by atoms with E-state index in [2.05, 4.69) is 36.5 Å². The van der Waals surface area contributed by atoms with Crippen molar-refractivity contribution >= 4 is 5.97 Å². The maximum Gasteiger partial charge on any atom is 0.327 e. The van der Waals surface area contributed by atoms with Crippen LogP contribution in [0.2, 0.25) is 0 Å². The number of allylic oxidation sites excluding steroid dienone is 9. The molecule has 0 fully saturated rings. The third kappa shape index (κ3) is 8.80. The van der Waals surface area contributed by atoms with Crippen LogP contribution in [0.15, 0.2) is 60.8 Å². The predicted molar refractivity (Wildman–Crippen MR) is 70.7 cm³/mol. The molecule has 0 heterocycles. The molecule has 0 aromatic carbocycles. The topological polar surface area (TPSA) is 37.3 Å². The quantitative estimate of drug-likeness (QED) is 0.632. The van der Waals surface area contributed by atoms with Crippen LogP contribution in [0, 0.1) is 5.92 Å². The van der Waals surface area contributed by atoms with Crippen LogP contribution in [0.4, 0.5) is 0 Å². The molecule has 0 saturated carbocycles. The second-order valence-electron chi connectivity index (χ2n) is 3.84. The van der Waals surface area contributed by atoms with Crippen molar-refractivity contribution in [1.29, 1.82) is 0 Å². The fourth-order valence-electron chi connectivity index (χ4n) is 1.54. The maximum absolute atomic E-state index is 10.1. The summed E-state index contributed by atoms with van der Waals surface area (Å²) in [4.78, 5) is 10.1. The minimum atomic E-state index is -0.868. The predicted octanol–water partition coefficient (Wildman–Crippen LogP) is 3.65. The Kier molecular flexibility index (Phi) is 10.0. The average molecular weight is 286 g/mol. The first kappa shape index (κ1) is 16.7. The Hall–Kier alpha value is -1.31. The number of aliphatic carboxylic acids is 1. The summed E-state index contributed by atoms with van der Waals surface area (Å²) in [5.74, 6) is -0.365. The summed E-state index contributed by atoms with van der Waals surface area (Å²) in [6.07, 6.45) is 22.5. The summed E-state index contributed by atoms with van der Waals surface area (Å²) >= 11 is 0. The van der Waals surface area contributed by atoms with Gasteiger partial charge >= 0.3 is 5.97 Å². The van der Waals surface area contributed by atoms with Gasteiger partial charge in [-0.1, -0.05) is 54.7 Å². The standard InChI is InChI=1S/C10H12O2.C5H6.Fe/c11-10(12)8-4-3-7-9-5-1-2-6-9;1-2-4-5-3-1;/h1-2,4-6,8-9H,3,7H2,(H,11,12);1-4H,5H2;. The van der Waals surface area contributed by atoms with E-state index in [0.717, 1.165) is 19.3 Å². The van der Waals surface area contributed by atoms with Gasteiger partial charge in [-0.2, -0.15) is 0 Å². The molecule has 2 aliphatic rings. The van der Waals surface area contributed by atoms with Gasteiger partial charge in [0.15, 0.2) is 0 Å². The summed E-state index contributed by atoms with van der Waals surface area (Å²) < 4.78 is 0. The molecule has 0 spiro atoms. The van der Waals surface area contributed by atoms with E-state index in [1.807, 2.05) is 12.2 Å². The van der Waals surface area contributed by atoms with E-state index in [1.165, 1.54) is 6.08 Å². The summed E-state index contributed by atoms with van der Waals surface area (Å²) in [5, 5.41) is 8.29. The zero-order valence-corrected chi connectivity index (χ0v) is 11.3. The first-order valence-electron chi connectivity index (χ1n) is 5.85. The molecule has 1 N–H and O–H groups in total. The van der Waals surface area contributed by atoms with Gasteiger partial charge in [0.05, 0.1) is 0 Å². The first-order valence-corrected chi connectivity index (χ1v) is 5.85. The molecule has 3 heteroatoms. The van der Waals surface area contributed by atoms with Gasteiger partial charge in [0.1, 0.15) is 0 Å². The summed E-state index contributed by atoms with van der Waals surface area (Å²) in [7, 11) is 0. The molecule has 0 saturated heterocycles. The SMILES string of the molecule is C1=CCC=C1.O=C(O)C=CCCC1C=CC=C1.[Fe]. The molecular formula is C15H18FeO2. The number of hydrogen-bond donors (Lipinski definition) is 1. The largest absolute Gasteiger partial charge is 0.478 e. The fourth-order valence-corrected chi connectivity index (χ4v) is 1.54. The maximum atomic E-state index is 10.1. The number of carboxylic acid groups (broad SMARTS) is 1. The van der Waals surface area contributed by atoms with E-state index < -0.39 is 5.97 Å². The molecule has 2 nitrogen and oxygen atoms in total. The van der Waals surface area contributed by atoms with Gasteiger partial charge in [-0.05, 0) is 25.2 Å². The zero-order chi connectivity index (χ0) is 12.3. The van der Waals surface area contributed by atoms with E-state index in [-0.39, 0.29) is 17.1 Å². The molecule has 0 amide bonds. The van der Waals surface area contributed by atoms with Crippen molar-refractivity contribution in [3.63, 3.8) is 0 Å². The van der Waals surface area contributed by atoms with Crippen molar-refractivity contribution in [2.24, 2.45) is 5.92 Å². The van der Waals surface area contributed by atoms with Crippen LogP contribution in [-0.2, 0) is 21.9 Å². The number of rotatable bonds is 4. The summed E-state index contributed by atoms with van der Waals surface area (Å²) in [5.41, 5.74) is 0. The van der Waals surface area contributed by atoms with Crippen molar-refractivity contribution in [2.45, 2.75) is 19.3 Å². The summed E-state index contributed by atoms with van der Waals surface area (Å²) in [6, 6.07) is 0. The van der Waals surface area contributed by atoms with Crippen molar-refractivity contribution in [3.05, 3.63) is 60.8 Å². The number of hydrogen-bond acceptors (Lipinski definition) is 1. The monoisotopic (exact) mass is 286 g/mol. The van der Waals surface area contributed by atoms with Crippen LogP contribution in [-0.4, -0.2) is 11.1 Å². The third-order valence-corrected chi connectivity index (χ3v) is 2.41. The second-order valence-corrected chi connectivity index (χ2v) is 3.84.